The fourth-order valence-electron chi connectivity index (χ4n) is 6.76. The maximum absolute atomic E-state index is 8.07. The van der Waals surface area contributed by atoms with E-state index in [4.69, 9.17) is 19.3 Å². The van der Waals surface area contributed by atoms with Crippen molar-refractivity contribution in [2.75, 3.05) is 39.6 Å². The molecular formula is C38H46O4. The molecule has 4 nitrogen and oxygen atoms in total. The summed E-state index contributed by atoms with van der Waals surface area (Å²) < 4.78 is 16.2. The minimum atomic E-state index is -0.333. The van der Waals surface area contributed by atoms with E-state index < -0.39 is 0 Å². The van der Waals surface area contributed by atoms with E-state index in [1.165, 1.54) is 44.5 Å². The normalized spacial score (nSPS) is 22.0. The predicted molar refractivity (Wildman–Crippen MR) is 172 cm³/mol. The Labute approximate surface area is 252 Å². The quantitative estimate of drug-likeness (QED) is 0.255. The summed E-state index contributed by atoms with van der Waals surface area (Å²) in [7, 11) is 0. The van der Waals surface area contributed by atoms with Crippen molar-refractivity contribution in [3.8, 4) is 16.9 Å². The molecule has 3 aliphatic carbocycles. The Balaban J connectivity index is 0.000000535. The summed E-state index contributed by atoms with van der Waals surface area (Å²) >= 11 is 0. The van der Waals surface area contributed by atoms with Gasteiger partial charge in [0.1, 0.15) is 12.4 Å². The van der Waals surface area contributed by atoms with Gasteiger partial charge in [-0.2, -0.15) is 0 Å². The lowest BCUT2D eigenvalue weighted by Crippen LogP contribution is -2.38. The molecule has 42 heavy (non-hydrogen) atoms. The molecule has 0 saturated heterocycles. The zero-order valence-corrected chi connectivity index (χ0v) is 26.1. The number of hydrogen-bond acceptors (Lipinski definition) is 4. The first kappa shape index (κ1) is 30.3. The van der Waals surface area contributed by atoms with Crippen molar-refractivity contribution in [2.24, 2.45) is 5.41 Å². The molecule has 3 aromatic carbocycles. The molecule has 0 amide bonds. The van der Waals surface area contributed by atoms with Crippen LogP contribution in [0.2, 0.25) is 0 Å². The van der Waals surface area contributed by atoms with Crippen LogP contribution in [0.3, 0.4) is 0 Å². The first-order chi connectivity index (χ1) is 20.3. The van der Waals surface area contributed by atoms with Crippen LogP contribution >= 0.6 is 0 Å². The van der Waals surface area contributed by atoms with Gasteiger partial charge in [-0.15, -0.1) is 0 Å². The van der Waals surface area contributed by atoms with Gasteiger partial charge in [0.25, 0.3) is 0 Å². The molecule has 2 unspecified atom stereocenters. The smallest absolute Gasteiger partial charge is 0.119 e. The summed E-state index contributed by atoms with van der Waals surface area (Å²) in [5.41, 5.74) is 10.6. The van der Waals surface area contributed by atoms with E-state index in [1.807, 2.05) is 13.8 Å². The average molecular weight is 567 g/mol. The van der Waals surface area contributed by atoms with Crippen LogP contribution < -0.4 is 4.74 Å². The number of hydrogen-bond donors (Lipinski definition) is 1. The zero-order chi connectivity index (χ0) is 30.0. The van der Waals surface area contributed by atoms with Crippen LogP contribution in [-0.4, -0.2) is 44.7 Å². The molecule has 0 aliphatic heterocycles. The van der Waals surface area contributed by atoms with Gasteiger partial charge < -0.3 is 19.3 Å². The number of ether oxygens (including phenoxy) is 3. The van der Waals surface area contributed by atoms with Gasteiger partial charge in [-0.1, -0.05) is 94.5 Å². The maximum Gasteiger partial charge on any atom is 0.119 e. The third kappa shape index (κ3) is 4.94. The van der Waals surface area contributed by atoms with Gasteiger partial charge in [0, 0.05) is 24.0 Å². The fourth-order valence-corrected chi connectivity index (χ4v) is 6.76. The van der Waals surface area contributed by atoms with Gasteiger partial charge in [0.15, 0.2) is 0 Å². The molecule has 0 spiro atoms. The predicted octanol–water partition coefficient (Wildman–Crippen LogP) is 7.79. The van der Waals surface area contributed by atoms with E-state index in [9.17, 15) is 0 Å². The number of benzene rings is 3. The second kappa shape index (κ2) is 12.2. The molecule has 0 fully saturated rings. The van der Waals surface area contributed by atoms with Crippen LogP contribution in [0.1, 0.15) is 69.4 Å². The van der Waals surface area contributed by atoms with E-state index >= 15 is 0 Å². The highest BCUT2D eigenvalue weighted by Crippen LogP contribution is 2.62. The van der Waals surface area contributed by atoms with Gasteiger partial charge in [0.05, 0.1) is 25.2 Å². The summed E-state index contributed by atoms with van der Waals surface area (Å²) in [4.78, 5) is 0. The lowest BCUT2D eigenvalue weighted by atomic mass is 9.59. The van der Waals surface area contributed by atoms with Crippen molar-refractivity contribution in [1.82, 2.24) is 0 Å². The van der Waals surface area contributed by atoms with Crippen LogP contribution in [-0.2, 0) is 26.7 Å². The number of aliphatic hydroxyl groups is 1. The third-order valence-electron chi connectivity index (χ3n) is 9.60. The first-order valence-corrected chi connectivity index (χ1v) is 15.5. The molecular weight excluding hydrogens is 520 g/mol. The number of rotatable bonds is 10. The van der Waals surface area contributed by atoms with Crippen molar-refractivity contribution in [2.45, 2.75) is 58.8 Å². The lowest BCUT2D eigenvalue weighted by Gasteiger charge is -2.43. The number of fused-ring (bicyclic) bond motifs is 6. The van der Waals surface area contributed by atoms with E-state index in [2.05, 4.69) is 107 Å². The highest BCUT2D eigenvalue weighted by molar-refractivity contribution is 5.88. The van der Waals surface area contributed by atoms with E-state index in [0.29, 0.717) is 33.0 Å². The summed E-state index contributed by atoms with van der Waals surface area (Å²) in [6.45, 7) is 16.5. The van der Waals surface area contributed by atoms with Crippen LogP contribution in [0.15, 0.2) is 84.5 Å². The van der Waals surface area contributed by atoms with Gasteiger partial charge >= 0.3 is 0 Å². The van der Waals surface area contributed by atoms with Crippen molar-refractivity contribution in [1.29, 1.82) is 0 Å². The molecule has 1 N–H and O–H groups in total. The number of allylic oxidation sites excluding steroid dienone is 4. The molecule has 3 aromatic rings. The Morgan fingerprint density at radius 1 is 0.714 bits per heavy atom. The molecule has 0 saturated carbocycles. The monoisotopic (exact) mass is 566 g/mol. The molecule has 222 valence electrons. The number of aliphatic hydroxyl groups excluding tert-OH is 1. The molecule has 0 radical (unpaired) electrons. The highest BCUT2D eigenvalue weighted by Gasteiger charge is 2.53. The number of aryl methyl sites for hydroxylation is 1. The summed E-state index contributed by atoms with van der Waals surface area (Å²) in [6.07, 6.45) is 8.42. The van der Waals surface area contributed by atoms with E-state index in [0.717, 1.165) is 12.2 Å². The third-order valence-corrected chi connectivity index (χ3v) is 9.60. The lowest BCUT2D eigenvalue weighted by molar-refractivity contribution is 0.102. The highest BCUT2D eigenvalue weighted by atomic mass is 16.5. The summed E-state index contributed by atoms with van der Waals surface area (Å²) in [5, 5.41) is 8.07. The average Bonchev–Trinajstić information content (AvgIpc) is 3.55. The molecule has 4 heteroatoms. The topological polar surface area (TPSA) is 47.9 Å². The van der Waals surface area contributed by atoms with Crippen molar-refractivity contribution < 1.29 is 19.3 Å². The van der Waals surface area contributed by atoms with Gasteiger partial charge in [-0.25, -0.2) is 0 Å². The van der Waals surface area contributed by atoms with E-state index in [1.54, 1.807) is 0 Å². The minimum Gasteiger partial charge on any atom is -0.491 e. The molecule has 4 bridgehead atoms. The van der Waals surface area contributed by atoms with Gasteiger partial charge in [0.2, 0.25) is 0 Å². The van der Waals surface area contributed by atoms with Crippen LogP contribution in [0.4, 0.5) is 0 Å². The zero-order valence-electron chi connectivity index (χ0n) is 26.1. The Kier molecular flexibility index (Phi) is 8.80. The minimum absolute atomic E-state index is 0.00590. The van der Waals surface area contributed by atoms with Gasteiger partial charge in [-0.3, -0.25) is 0 Å². The molecule has 0 heterocycles. The van der Waals surface area contributed by atoms with Crippen LogP contribution in [0.25, 0.3) is 11.1 Å². The maximum atomic E-state index is 8.07. The van der Waals surface area contributed by atoms with Crippen molar-refractivity contribution in [3.63, 3.8) is 0 Å². The molecule has 6 rings (SSSR count). The first-order valence-electron chi connectivity index (χ1n) is 15.5. The summed E-state index contributed by atoms with van der Waals surface area (Å²) in [6, 6.07) is 23.1. The largest absolute Gasteiger partial charge is 0.491 e. The molecule has 3 aliphatic rings. The van der Waals surface area contributed by atoms with Crippen LogP contribution in [0.5, 0.6) is 5.75 Å². The SMILES string of the molecule is CCOCCO.CCOCCOc1ccc(C23C4=CC(C)(C=C4)C(C)(C)c4ccc(c2c4)-c2ccc(CC)cc23)cc1. The molecule has 0 aromatic heterocycles. The Morgan fingerprint density at radius 2 is 1.36 bits per heavy atom. The van der Waals surface area contributed by atoms with Crippen LogP contribution in [0, 0.1) is 5.41 Å². The molecule has 2 atom stereocenters. The Morgan fingerprint density at radius 3 is 2.00 bits per heavy atom. The second-order valence-electron chi connectivity index (χ2n) is 12.1. The Hall–Kier alpha value is -3.18. The Bertz CT molecular complexity index is 1460. The van der Waals surface area contributed by atoms with E-state index in [-0.39, 0.29) is 22.9 Å². The summed E-state index contributed by atoms with van der Waals surface area (Å²) in [5.74, 6) is 0.886. The second-order valence-corrected chi connectivity index (χ2v) is 12.1. The standard InChI is InChI=1S/C34H36O2.C4H10O2/c1-6-23-8-14-28-29-15-11-25-21-31(29)34(30(28)20-23,26-16-17-33(5,22-26)32(25,3)4)24-9-12-27(13-10-24)36-19-18-35-7-2;1-2-6-4-3-5/h8-17,20-22H,6-7,18-19H2,1-5H3;5H,2-4H2,1H3. The van der Waals surface area contributed by atoms with Crippen molar-refractivity contribution >= 4 is 0 Å². The van der Waals surface area contributed by atoms with Crippen molar-refractivity contribution in [3.05, 3.63) is 112 Å². The fraction of sp³-hybridized carbons (Fsp3) is 0.421. The van der Waals surface area contributed by atoms with Gasteiger partial charge in [-0.05, 0) is 76.9 Å².